The predicted molar refractivity (Wildman–Crippen MR) is 71.6 cm³/mol. The van der Waals surface area contributed by atoms with E-state index in [0.29, 0.717) is 16.1 Å². The summed E-state index contributed by atoms with van der Waals surface area (Å²) in [7, 11) is 0. The van der Waals surface area contributed by atoms with Crippen LogP contribution in [0.2, 0.25) is 10.0 Å². The van der Waals surface area contributed by atoms with E-state index in [2.05, 4.69) is 5.32 Å². The molecule has 0 aliphatic heterocycles. The van der Waals surface area contributed by atoms with Crippen molar-refractivity contribution >= 4 is 28.9 Å². The lowest BCUT2D eigenvalue weighted by Gasteiger charge is -2.18. The number of hydrogen-bond acceptors (Lipinski definition) is 1. The Labute approximate surface area is 107 Å². The highest BCUT2D eigenvalue weighted by molar-refractivity contribution is 6.43. The smallest absolute Gasteiger partial charge is 0.0823 e. The Hall–Kier alpha value is -0.400. The van der Waals surface area contributed by atoms with Crippen LogP contribution in [0.15, 0.2) is 18.2 Å². The molecule has 0 aromatic heterocycles. The van der Waals surface area contributed by atoms with Crippen LogP contribution in [0, 0.1) is 0 Å². The quantitative estimate of drug-likeness (QED) is 0.725. The van der Waals surface area contributed by atoms with Crippen molar-refractivity contribution in [1.82, 2.24) is 0 Å². The molecule has 2 rings (SSSR count). The molecule has 88 valence electrons. The summed E-state index contributed by atoms with van der Waals surface area (Å²) in [5, 5.41) is 4.79. The first-order valence-corrected chi connectivity index (χ1v) is 6.73. The summed E-state index contributed by atoms with van der Waals surface area (Å²) in [5.41, 5.74) is 0.973. The van der Waals surface area contributed by atoms with E-state index in [1.165, 1.54) is 38.5 Å². The summed E-state index contributed by atoms with van der Waals surface area (Å²) in [6.45, 7) is 0. The van der Waals surface area contributed by atoms with Gasteiger partial charge in [-0.2, -0.15) is 0 Å². The first kappa shape index (κ1) is 12.1. The molecule has 0 atom stereocenters. The van der Waals surface area contributed by atoms with Crippen LogP contribution in [0.5, 0.6) is 0 Å². The third-order valence-corrected chi connectivity index (χ3v) is 3.99. The van der Waals surface area contributed by atoms with Gasteiger partial charge in [-0.25, -0.2) is 0 Å². The largest absolute Gasteiger partial charge is 0.381 e. The van der Waals surface area contributed by atoms with Crippen LogP contribution < -0.4 is 5.32 Å². The first-order valence-electron chi connectivity index (χ1n) is 5.98. The molecule has 0 amide bonds. The molecule has 0 unspecified atom stereocenters. The van der Waals surface area contributed by atoms with Crippen LogP contribution in [-0.4, -0.2) is 6.04 Å². The molecule has 1 fully saturated rings. The molecule has 0 bridgehead atoms. The molecule has 1 aliphatic rings. The Kier molecular flexibility index (Phi) is 4.37. The van der Waals surface area contributed by atoms with Gasteiger partial charge in [0.1, 0.15) is 0 Å². The van der Waals surface area contributed by atoms with Crippen molar-refractivity contribution in [2.45, 2.75) is 44.6 Å². The maximum Gasteiger partial charge on any atom is 0.0823 e. The topological polar surface area (TPSA) is 12.0 Å². The summed E-state index contributed by atoms with van der Waals surface area (Å²) in [6.07, 6.45) is 7.83. The molecule has 0 radical (unpaired) electrons. The van der Waals surface area contributed by atoms with Crippen LogP contribution in [0.25, 0.3) is 0 Å². The monoisotopic (exact) mass is 257 g/mol. The van der Waals surface area contributed by atoms with E-state index < -0.39 is 0 Å². The number of anilines is 1. The van der Waals surface area contributed by atoms with Gasteiger partial charge in [0.25, 0.3) is 0 Å². The SMILES string of the molecule is Clc1cccc(NC2CCCCCC2)c1Cl. The van der Waals surface area contributed by atoms with E-state index in [9.17, 15) is 0 Å². The maximum atomic E-state index is 6.16. The fourth-order valence-electron chi connectivity index (χ4n) is 2.26. The Morgan fingerprint density at radius 1 is 1.00 bits per heavy atom. The fourth-order valence-corrected chi connectivity index (χ4v) is 2.61. The Bertz CT molecular complexity index is 344. The lowest BCUT2D eigenvalue weighted by Crippen LogP contribution is -2.18. The Morgan fingerprint density at radius 3 is 2.38 bits per heavy atom. The van der Waals surface area contributed by atoms with E-state index in [1.807, 2.05) is 18.2 Å². The molecule has 1 aromatic carbocycles. The van der Waals surface area contributed by atoms with Gasteiger partial charge in [0.15, 0.2) is 0 Å². The lowest BCUT2D eigenvalue weighted by atomic mass is 10.1. The highest BCUT2D eigenvalue weighted by atomic mass is 35.5. The second kappa shape index (κ2) is 5.79. The molecule has 1 saturated carbocycles. The van der Waals surface area contributed by atoms with Crippen molar-refractivity contribution in [1.29, 1.82) is 0 Å². The van der Waals surface area contributed by atoms with Gasteiger partial charge < -0.3 is 5.32 Å². The van der Waals surface area contributed by atoms with Crippen molar-refractivity contribution in [3.8, 4) is 0 Å². The van der Waals surface area contributed by atoms with Crippen molar-refractivity contribution in [2.24, 2.45) is 0 Å². The highest BCUT2D eigenvalue weighted by Gasteiger charge is 2.13. The molecule has 0 saturated heterocycles. The van der Waals surface area contributed by atoms with E-state index in [-0.39, 0.29) is 0 Å². The minimum atomic E-state index is 0.554. The molecule has 1 nitrogen and oxygen atoms in total. The lowest BCUT2D eigenvalue weighted by molar-refractivity contribution is 0.620. The standard InChI is InChI=1S/C13H17Cl2N/c14-11-8-5-9-12(13(11)15)16-10-6-3-1-2-4-7-10/h5,8-10,16H,1-4,6-7H2. The van der Waals surface area contributed by atoms with Crippen LogP contribution in [-0.2, 0) is 0 Å². The maximum absolute atomic E-state index is 6.16. The molecule has 1 aromatic rings. The third kappa shape index (κ3) is 3.05. The zero-order valence-corrected chi connectivity index (χ0v) is 10.8. The zero-order valence-electron chi connectivity index (χ0n) is 9.31. The molecule has 3 heteroatoms. The second-order valence-corrected chi connectivity index (χ2v) is 5.22. The summed E-state index contributed by atoms with van der Waals surface area (Å²) in [5.74, 6) is 0. The van der Waals surface area contributed by atoms with Crippen LogP contribution in [0.1, 0.15) is 38.5 Å². The number of nitrogens with one attached hydrogen (secondary N) is 1. The van der Waals surface area contributed by atoms with Gasteiger partial charge in [-0.1, -0.05) is 55.0 Å². The second-order valence-electron chi connectivity index (χ2n) is 4.43. The average Bonchev–Trinajstić information content (AvgIpc) is 2.53. The van der Waals surface area contributed by atoms with Gasteiger partial charge in [0.05, 0.1) is 15.7 Å². The fraction of sp³-hybridized carbons (Fsp3) is 0.538. The van der Waals surface area contributed by atoms with Gasteiger partial charge >= 0.3 is 0 Å². The molecule has 0 heterocycles. The van der Waals surface area contributed by atoms with Gasteiger partial charge in [-0.05, 0) is 25.0 Å². The highest BCUT2D eigenvalue weighted by Crippen LogP contribution is 2.31. The molecule has 1 N–H and O–H groups in total. The van der Waals surface area contributed by atoms with Gasteiger partial charge in [-0.3, -0.25) is 0 Å². The summed E-state index contributed by atoms with van der Waals surface area (Å²) >= 11 is 12.2. The summed E-state index contributed by atoms with van der Waals surface area (Å²) in [4.78, 5) is 0. The first-order chi connectivity index (χ1) is 7.77. The predicted octanol–water partition coefficient (Wildman–Crippen LogP) is 5.13. The minimum absolute atomic E-state index is 0.554. The molecule has 1 aliphatic carbocycles. The van der Waals surface area contributed by atoms with Gasteiger partial charge in [0, 0.05) is 6.04 Å². The third-order valence-electron chi connectivity index (χ3n) is 3.17. The van der Waals surface area contributed by atoms with Crippen molar-refractivity contribution < 1.29 is 0 Å². The van der Waals surface area contributed by atoms with Crippen LogP contribution >= 0.6 is 23.2 Å². The normalized spacial score (nSPS) is 18.1. The van der Waals surface area contributed by atoms with Gasteiger partial charge in [-0.15, -0.1) is 0 Å². The van der Waals surface area contributed by atoms with Gasteiger partial charge in [0.2, 0.25) is 0 Å². The Morgan fingerprint density at radius 2 is 1.69 bits per heavy atom. The summed E-state index contributed by atoms with van der Waals surface area (Å²) in [6, 6.07) is 6.31. The molecular formula is C13H17Cl2N. The van der Waals surface area contributed by atoms with E-state index in [0.717, 1.165) is 5.69 Å². The van der Waals surface area contributed by atoms with Crippen LogP contribution in [0.4, 0.5) is 5.69 Å². The Balaban J connectivity index is 2.04. The van der Waals surface area contributed by atoms with E-state index in [1.54, 1.807) is 0 Å². The molecule has 0 spiro atoms. The molecule has 16 heavy (non-hydrogen) atoms. The number of halogens is 2. The van der Waals surface area contributed by atoms with Crippen molar-refractivity contribution in [3.63, 3.8) is 0 Å². The molecular weight excluding hydrogens is 241 g/mol. The summed E-state index contributed by atoms with van der Waals surface area (Å²) < 4.78 is 0. The number of hydrogen-bond donors (Lipinski definition) is 1. The van der Waals surface area contributed by atoms with E-state index in [4.69, 9.17) is 23.2 Å². The zero-order chi connectivity index (χ0) is 11.4. The number of benzene rings is 1. The number of rotatable bonds is 2. The average molecular weight is 258 g/mol. The minimum Gasteiger partial charge on any atom is -0.381 e. The van der Waals surface area contributed by atoms with E-state index >= 15 is 0 Å². The van der Waals surface area contributed by atoms with Crippen molar-refractivity contribution in [3.05, 3.63) is 28.2 Å². The van der Waals surface area contributed by atoms with Crippen molar-refractivity contribution in [2.75, 3.05) is 5.32 Å². The van der Waals surface area contributed by atoms with Crippen LogP contribution in [0.3, 0.4) is 0 Å².